The standard InChI is InChI=1S/C16H22F2N2O2/c17-13-2-1-12(16(21)14(13)18)15(11-3-9-22-10-4-11)20-7-5-19-6-8-20/h1-2,11,15,19,21H,3-10H2/t15-/m1/s1. The van der Waals surface area contributed by atoms with Crippen molar-refractivity contribution in [3.63, 3.8) is 0 Å². The van der Waals surface area contributed by atoms with Crippen LogP contribution in [0.25, 0.3) is 0 Å². The van der Waals surface area contributed by atoms with Crippen LogP contribution in [-0.2, 0) is 4.74 Å². The molecule has 4 nitrogen and oxygen atoms in total. The minimum absolute atomic E-state index is 0.0962. The van der Waals surface area contributed by atoms with Gasteiger partial charge in [-0.3, -0.25) is 4.90 Å². The minimum atomic E-state index is -1.15. The molecule has 0 radical (unpaired) electrons. The van der Waals surface area contributed by atoms with Crippen molar-refractivity contribution in [3.8, 4) is 5.75 Å². The summed E-state index contributed by atoms with van der Waals surface area (Å²) in [5.74, 6) is -2.42. The summed E-state index contributed by atoms with van der Waals surface area (Å²) in [6.07, 6.45) is 1.74. The Morgan fingerprint density at radius 1 is 1.18 bits per heavy atom. The second-order valence-corrected chi connectivity index (χ2v) is 5.98. The number of phenolic OH excluding ortho intramolecular Hbond substituents is 1. The molecule has 2 N–H and O–H groups in total. The Morgan fingerprint density at radius 2 is 1.86 bits per heavy atom. The van der Waals surface area contributed by atoms with Crippen molar-refractivity contribution in [1.82, 2.24) is 10.2 Å². The third-order valence-corrected chi connectivity index (χ3v) is 4.68. The Labute approximate surface area is 129 Å². The van der Waals surface area contributed by atoms with E-state index in [1.54, 1.807) is 0 Å². The van der Waals surface area contributed by atoms with Crippen LogP contribution >= 0.6 is 0 Å². The van der Waals surface area contributed by atoms with Crippen LogP contribution in [0.1, 0.15) is 24.4 Å². The fourth-order valence-electron chi connectivity index (χ4n) is 3.53. The Hall–Kier alpha value is -1.24. The highest BCUT2D eigenvalue weighted by molar-refractivity contribution is 5.37. The summed E-state index contributed by atoms with van der Waals surface area (Å²) in [6.45, 7) is 4.75. The number of piperazine rings is 1. The van der Waals surface area contributed by atoms with Gasteiger partial charge in [0.1, 0.15) is 0 Å². The Balaban J connectivity index is 1.94. The van der Waals surface area contributed by atoms with Gasteiger partial charge in [-0.15, -0.1) is 0 Å². The van der Waals surface area contributed by atoms with Gasteiger partial charge in [0.15, 0.2) is 11.6 Å². The molecule has 0 aromatic heterocycles. The molecule has 2 aliphatic heterocycles. The first-order valence-corrected chi connectivity index (χ1v) is 7.88. The molecule has 2 fully saturated rings. The summed E-state index contributed by atoms with van der Waals surface area (Å²) in [5, 5.41) is 13.4. The van der Waals surface area contributed by atoms with Crippen LogP contribution in [0.15, 0.2) is 12.1 Å². The minimum Gasteiger partial charge on any atom is -0.505 e. The number of aromatic hydroxyl groups is 1. The third kappa shape index (κ3) is 3.09. The van der Waals surface area contributed by atoms with E-state index in [9.17, 15) is 13.9 Å². The van der Waals surface area contributed by atoms with Crippen LogP contribution in [0, 0.1) is 17.6 Å². The van der Waals surface area contributed by atoms with Gasteiger partial charge in [-0.1, -0.05) is 6.07 Å². The second-order valence-electron chi connectivity index (χ2n) is 5.98. The van der Waals surface area contributed by atoms with Crippen LogP contribution in [0.4, 0.5) is 8.78 Å². The highest BCUT2D eigenvalue weighted by Gasteiger charge is 2.34. The zero-order chi connectivity index (χ0) is 15.5. The van der Waals surface area contributed by atoms with Crippen LogP contribution in [0.3, 0.4) is 0 Å². The summed E-state index contributed by atoms with van der Waals surface area (Å²) >= 11 is 0. The van der Waals surface area contributed by atoms with Crippen molar-refractivity contribution in [2.24, 2.45) is 5.92 Å². The zero-order valence-electron chi connectivity index (χ0n) is 12.5. The third-order valence-electron chi connectivity index (χ3n) is 4.68. The lowest BCUT2D eigenvalue weighted by Gasteiger charge is -2.41. The molecule has 6 heteroatoms. The molecule has 1 aromatic rings. The quantitative estimate of drug-likeness (QED) is 0.896. The highest BCUT2D eigenvalue weighted by Crippen LogP contribution is 2.40. The maximum atomic E-state index is 13.8. The summed E-state index contributed by atoms with van der Waals surface area (Å²) in [4.78, 5) is 2.26. The van der Waals surface area contributed by atoms with Gasteiger partial charge in [-0.2, -0.15) is 4.39 Å². The fraction of sp³-hybridized carbons (Fsp3) is 0.625. The summed E-state index contributed by atoms with van der Waals surface area (Å²) in [7, 11) is 0. The molecule has 1 atom stereocenters. The van der Waals surface area contributed by atoms with Crippen molar-refractivity contribution in [2.45, 2.75) is 18.9 Å². The lowest BCUT2D eigenvalue weighted by molar-refractivity contribution is 0.0204. The van der Waals surface area contributed by atoms with E-state index in [4.69, 9.17) is 4.74 Å². The van der Waals surface area contributed by atoms with E-state index in [1.165, 1.54) is 6.07 Å². The van der Waals surface area contributed by atoms with Crippen molar-refractivity contribution in [2.75, 3.05) is 39.4 Å². The highest BCUT2D eigenvalue weighted by atomic mass is 19.2. The molecule has 0 saturated carbocycles. The first-order valence-electron chi connectivity index (χ1n) is 7.88. The maximum absolute atomic E-state index is 13.8. The number of halogens is 2. The number of ether oxygens (including phenoxy) is 1. The Morgan fingerprint density at radius 3 is 2.55 bits per heavy atom. The number of phenols is 1. The van der Waals surface area contributed by atoms with Gasteiger partial charge in [0.25, 0.3) is 0 Å². The molecule has 0 amide bonds. The van der Waals surface area contributed by atoms with Crippen LogP contribution in [0.2, 0.25) is 0 Å². The predicted octanol–water partition coefficient (Wildman–Crippen LogP) is 2.04. The average Bonchev–Trinajstić information content (AvgIpc) is 2.57. The van der Waals surface area contributed by atoms with Gasteiger partial charge in [0, 0.05) is 51.0 Å². The SMILES string of the molecule is Oc1c([C@@H](C2CCOCC2)N2CCNCC2)ccc(F)c1F. The van der Waals surface area contributed by atoms with Gasteiger partial charge in [-0.05, 0) is 24.8 Å². The van der Waals surface area contributed by atoms with Crippen LogP contribution in [-0.4, -0.2) is 49.4 Å². The van der Waals surface area contributed by atoms with E-state index in [1.807, 2.05) is 0 Å². The van der Waals surface area contributed by atoms with E-state index in [0.717, 1.165) is 45.1 Å². The monoisotopic (exact) mass is 312 g/mol. The molecule has 22 heavy (non-hydrogen) atoms. The summed E-state index contributed by atoms with van der Waals surface area (Å²) < 4.78 is 32.6. The fourth-order valence-corrected chi connectivity index (χ4v) is 3.53. The zero-order valence-corrected chi connectivity index (χ0v) is 12.5. The molecule has 0 spiro atoms. The van der Waals surface area contributed by atoms with E-state index < -0.39 is 17.4 Å². The smallest absolute Gasteiger partial charge is 0.200 e. The van der Waals surface area contributed by atoms with E-state index in [-0.39, 0.29) is 12.0 Å². The first kappa shape index (κ1) is 15.6. The largest absolute Gasteiger partial charge is 0.505 e. The average molecular weight is 312 g/mol. The molecule has 0 unspecified atom stereocenters. The molecule has 0 aliphatic carbocycles. The molecule has 2 saturated heterocycles. The van der Waals surface area contributed by atoms with Gasteiger partial charge in [0.05, 0.1) is 0 Å². The molecule has 122 valence electrons. The normalized spacial score (nSPS) is 22.6. The Bertz CT molecular complexity index is 497. The Kier molecular flexibility index (Phi) is 4.90. The molecular formula is C16H22F2N2O2. The van der Waals surface area contributed by atoms with E-state index in [2.05, 4.69) is 10.2 Å². The van der Waals surface area contributed by atoms with Gasteiger partial charge < -0.3 is 15.2 Å². The topological polar surface area (TPSA) is 44.7 Å². The predicted molar refractivity (Wildman–Crippen MR) is 78.7 cm³/mol. The first-order chi connectivity index (χ1) is 10.7. The summed E-state index contributed by atoms with van der Waals surface area (Å²) in [6, 6.07) is 2.54. The number of benzene rings is 1. The van der Waals surface area contributed by atoms with E-state index >= 15 is 0 Å². The van der Waals surface area contributed by atoms with Crippen molar-refractivity contribution < 1.29 is 18.6 Å². The van der Waals surface area contributed by atoms with Gasteiger partial charge in [0.2, 0.25) is 5.82 Å². The molecule has 0 bridgehead atoms. The molecule has 1 aromatic carbocycles. The molecule has 2 heterocycles. The van der Waals surface area contributed by atoms with Crippen molar-refractivity contribution in [3.05, 3.63) is 29.3 Å². The molecule has 3 rings (SSSR count). The van der Waals surface area contributed by atoms with Gasteiger partial charge in [-0.25, -0.2) is 4.39 Å². The van der Waals surface area contributed by atoms with Crippen molar-refractivity contribution >= 4 is 0 Å². The number of hydrogen-bond acceptors (Lipinski definition) is 4. The second kappa shape index (κ2) is 6.89. The lowest BCUT2D eigenvalue weighted by atomic mass is 9.85. The number of nitrogens with zero attached hydrogens (tertiary/aromatic N) is 1. The summed E-state index contributed by atoms with van der Waals surface area (Å²) in [5.41, 5.74) is 0.493. The maximum Gasteiger partial charge on any atom is 0.200 e. The van der Waals surface area contributed by atoms with Crippen LogP contribution in [0.5, 0.6) is 5.75 Å². The number of hydrogen-bond donors (Lipinski definition) is 2. The van der Waals surface area contributed by atoms with Crippen LogP contribution < -0.4 is 5.32 Å². The molecule has 2 aliphatic rings. The van der Waals surface area contributed by atoms with Crippen molar-refractivity contribution in [1.29, 1.82) is 0 Å². The lowest BCUT2D eigenvalue weighted by Crippen LogP contribution is -2.47. The number of nitrogens with one attached hydrogen (secondary N) is 1. The van der Waals surface area contributed by atoms with Gasteiger partial charge >= 0.3 is 0 Å². The van der Waals surface area contributed by atoms with E-state index in [0.29, 0.717) is 18.8 Å². The molecular weight excluding hydrogens is 290 g/mol. The number of rotatable bonds is 3.